The van der Waals surface area contributed by atoms with Gasteiger partial charge in [0.25, 0.3) is 0 Å². The van der Waals surface area contributed by atoms with Crippen molar-refractivity contribution in [1.29, 1.82) is 0 Å². The number of hydrogen-bond donors (Lipinski definition) is 0. The van der Waals surface area contributed by atoms with Gasteiger partial charge >= 0.3 is 0 Å². The third-order valence-electron chi connectivity index (χ3n) is 4.26. The summed E-state index contributed by atoms with van der Waals surface area (Å²) in [6.45, 7) is 2.15. The summed E-state index contributed by atoms with van der Waals surface area (Å²) in [7, 11) is 2.16. The first-order valence-corrected chi connectivity index (χ1v) is 7.29. The van der Waals surface area contributed by atoms with E-state index in [1.54, 1.807) is 0 Å². The van der Waals surface area contributed by atoms with E-state index in [2.05, 4.69) is 85.3 Å². The lowest BCUT2D eigenvalue weighted by Crippen LogP contribution is -1.90. The first-order valence-electron chi connectivity index (χ1n) is 7.29. The van der Waals surface area contributed by atoms with Crippen LogP contribution in [-0.2, 0) is 7.05 Å². The second kappa shape index (κ2) is 4.49. The fourth-order valence-corrected chi connectivity index (χ4v) is 3.24. The van der Waals surface area contributed by atoms with Gasteiger partial charge < -0.3 is 4.57 Å². The van der Waals surface area contributed by atoms with E-state index in [1.807, 2.05) is 0 Å². The van der Waals surface area contributed by atoms with Crippen molar-refractivity contribution >= 4 is 21.8 Å². The Morgan fingerprint density at radius 2 is 1.57 bits per heavy atom. The number of hydrogen-bond acceptors (Lipinski definition) is 0. The van der Waals surface area contributed by atoms with Crippen molar-refractivity contribution < 1.29 is 0 Å². The second-order valence-corrected chi connectivity index (χ2v) is 5.65. The Morgan fingerprint density at radius 1 is 0.762 bits per heavy atom. The van der Waals surface area contributed by atoms with Crippen molar-refractivity contribution in [3.63, 3.8) is 0 Å². The molecule has 1 heteroatoms. The minimum atomic E-state index is 1.27. The summed E-state index contributed by atoms with van der Waals surface area (Å²) in [4.78, 5) is 0. The van der Waals surface area contributed by atoms with Crippen LogP contribution in [-0.4, -0.2) is 4.57 Å². The molecule has 0 bridgehead atoms. The largest absolute Gasteiger partial charge is 0.343 e. The van der Waals surface area contributed by atoms with Crippen LogP contribution in [0.3, 0.4) is 0 Å². The van der Waals surface area contributed by atoms with Crippen molar-refractivity contribution in [3.05, 3.63) is 72.3 Å². The molecular weight excluding hydrogens is 254 g/mol. The van der Waals surface area contributed by atoms with Crippen LogP contribution in [0.2, 0.25) is 0 Å². The molecule has 0 aliphatic carbocycles. The van der Waals surface area contributed by atoms with Crippen LogP contribution in [0.1, 0.15) is 5.56 Å². The summed E-state index contributed by atoms with van der Waals surface area (Å²) < 4.78 is 2.32. The molecule has 102 valence electrons. The maximum atomic E-state index is 2.32. The highest BCUT2D eigenvalue weighted by Crippen LogP contribution is 2.35. The number of rotatable bonds is 1. The molecule has 0 radical (unpaired) electrons. The Hall–Kier alpha value is -2.54. The number of fused-ring (bicyclic) bond motifs is 3. The molecule has 21 heavy (non-hydrogen) atoms. The average Bonchev–Trinajstić information content (AvgIpc) is 2.81. The van der Waals surface area contributed by atoms with Crippen LogP contribution in [0.25, 0.3) is 32.9 Å². The predicted octanol–water partition coefficient (Wildman–Crippen LogP) is 5.31. The van der Waals surface area contributed by atoms with Crippen molar-refractivity contribution in [3.8, 4) is 11.1 Å². The summed E-state index contributed by atoms with van der Waals surface area (Å²) in [5.41, 5.74) is 6.47. The van der Waals surface area contributed by atoms with Crippen LogP contribution < -0.4 is 0 Å². The fourth-order valence-electron chi connectivity index (χ4n) is 3.24. The van der Waals surface area contributed by atoms with Crippen LogP contribution in [0.4, 0.5) is 0 Å². The molecule has 4 rings (SSSR count). The van der Waals surface area contributed by atoms with E-state index in [0.29, 0.717) is 0 Å². The SMILES string of the molecule is Cc1ccc2c3cccc(-c4ccccc4)c3n(C)c2c1. The molecule has 0 aliphatic heterocycles. The molecule has 0 fully saturated rings. The van der Waals surface area contributed by atoms with Crippen molar-refractivity contribution in [2.24, 2.45) is 7.05 Å². The average molecular weight is 271 g/mol. The van der Waals surface area contributed by atoms with E-state index in [9.17, 15) is 0 Å². The lowest BCUT2D eigenvalue weighted by Gasteiger charge is -2.06. The van der Waals surface area contributed by atoms with Crippen LogP contribution >= 0.6 is 0 Å². The quantitative estimate of drug-likeness (QED) is 0.442. The summed E-state index contributed by atoms with van der Waals surface area (Å²) in [5, 5.41) is 2.66. The number of para-hydroxylation sites is 1. The standard InChI is InChI=1S/C20H17N/c1-14-11-12-17-18-10-6-9-16(15-7-4-3-5-8-15)20(18)21(2)19(17)13-14/h3-13H,1-2H3. The molecule has 0 unspecified atom stereocenters. The Labute approximate surface area is 124 Å². The zero-order valence-corrected chi connectivity index (χ0v) is 12.3. The zero-order chi connectivity index (χ0) is 14.4. The molecule has 0 spiro atoms. The van der Waals surface area contributed by atoms with Gasteiger partial charge in [-0.15, -0.1) is 0 Å². The smallest absolute Gasteiger partial charge is 0.0568 e. The van der Waals surface area contributed by atoms with Gasteiger partial charge in [-0.05, 0) is 24.1 Å². The van der Waals surface area contributed by atoms with Crippen molar-refractivity contribution in [1.82, 2.24) is 4.57 Å². The van der Waals surface area contributed by atoms with E-state index in [-0.39, 0.29) is 0 Å². The first-order chi connectivity index (χ1) is 10.3. The molecule has 0 saturated heterocycles. The first kappa shape index (κ1) is 12.2. The summed E-state index contributed by atoms with van der Waals surface area (Å²) in [6.07, 6.45) is 0. The maximum absolute atomic E-state index is 2.32. The highest BCUT2D eigenvalue weighted by Gasteiger charge is 2.12. The topological polar surface area (TPSA) is 4.93 Å². The summed E-state index contributed by atoms with van der Waals surface area (Å²) in [6, 6.07) is 23.9. The predicted molar refractivity (Wildman–Crippen MR) is 90.6 cm³/mol. The van der Waals surface area contributed by atoms with Crippen molar-refractivity contribution in [2.75, 3.05) is 0 Å². The Bertz CT molecular complexity index is 946. The molecule has 4 aromatic rings. The van der Waals surface area contributed by atoms with Gasteiger partial charge in [0.2, 0.25) is 0 Å². The van der Waals surface area contributed by atoms with E-state index < -0.39 is 0 Å². The number of aryl methyl sites for hydroxylation is 2. The van der Waals surface area contributed by atoms with Gasteiger partial charge in [0.1, 0.15) is 0 Å². The Morgan fingerprint density at radius 3 is 2.38 bits per heavy atom. The molecule has 0 amide bonds. The Kier molecular flexibility index (Phi) is 2.61. The molecule has 3 aromatic carbocycles. The molecule has 1 aromatic heterocycles. The minimum Gasteiger partial charge on any atom is -0.343 e. The third kappa shape index (κ3) is 1.78. The molecule has 1 nitrogen and oxygen atoms in total. The van der Waals surface area contributed by atoms with Gasteiger partial charge in [-0.2, -0.15) is 0 Å². The van der Waals surface area contributed by atoms with Crippen LogP contribution in [0.5, 0.6) is 0 Å². The summed E-state index contributed by atoms with van der Waals surface area (Å²) >= 11 is 0. The minimum absolute atomic E-state index is 1.27. The number of nitrogens with zero attached hydrogens (tertiary/aromatic N) is 1. The lowest BCUT2D eigenvalue weighted by molar-refractivity contribution is 1.01. The highest BCUT2D eigenvalue weighted by atomic mass is 14.9. The normalized spacial score (nSPS) is 11.3. The van der Waals surface area contributed by atoms with Gasteiger partial charge in [0.05, 0.1) is 5.52 Å². The summed E-state index contributed by atoms with van der Waals surface area (Å²) in [5.74, 6) is 0. The van der Waals surface area contributed by atoms with E-state index in [1.165, 1.54) is 38.5 Å². The van der Waals surface area contributed by atoms with Gasteiger partial charge in [-0.1, -0.05) is 60.7 Å². The molecule has 1 heterocycles. The molecular formula is C20H17N. The molecule has 0 saturated carbocycles. The van der Waals surface area contributed by atoms with Gasteiger partial charge in [0, 0.05) is 28.9 Å². The van der Waals surface area contributed by atoms with Gasteiger partial charge in [0.15, 0.2) is 0 Å². The van der Waals surface area contributed by atoms with Crippen LogP contribution in [0, 0.1) is 6.92 Å². The zero-order valence-electron chi connectivity index (χ0n) is 12.3. The molecule has 0 aliphatic rings. The second-order valence-electron chi connectivity index (χ2n) is 5.65. The van der Waals surface area contributed by atoms with Gasteiger partial charge in [-0.3, -0.25) is 0 Å². The van der Waals surface area contributed by atoms with Gasteiger partial charge in [-0.25, -0.2) is 0 Å². The van der Waals surface area contributed by atoms with E-state index >= 15 is 0 Å². The van der Waals surface area contributed by atoms with Crippen molar-refractivity contribution in [2.45, 2.75) is 6.92 Å². The third-order valence-corrected chi connectivity index (χ3v) is 4.26. The Balaban J connectivity index is 2.17. The lowest BCUT2D eigenvalue weighted by atomic mass is 10.0. The molecule has 0 atom stereocenters. The van der Waals surface area contributed by atoms with Crippen LogP contribution in [0.15, 0.2) is 66.7 Å². The maximum Gasteiger partial charge on any atom is 0.0568 e. The fraction of sp³-hybridized carbons (Fsp3) is 0.100. The number of benzene rings is 3. The number of aromatic nitrogens is 1. The van der Waals surface area contributed by atoms with E-state index in [4.69, 9.17) is 0 Å². The van der Waals surface area contributed by atoms with E-state index in [0.717, 1.165) is 0 Å². The monoisotopic (exact) mass is 271 g/mol. The highest BCUT2D eigenvalue weighted by molar-refractivity contribution is 6.12. The molecule has 0 N–H and O–H groups in total.